The van der Waals surface area contributed by atoms with Crippen molar-refractivity contribution in [3.63, 3.8) is 0 Å². The fraction of sp³-hybridized carbons (Fsp3) is 0.579. The molecular weight excluding hydrogens is 256 g/mol. The van der Waals surface area contributed by atoms with Crippen LogP contribution in [0.15, 0.2) is 30.3 Å². The van der Waals surface area contributed by atoms with Crippen molar-refractivity contribution < 1.29 is 0 Å². The summed E-state index contributed by atoms with van der Waals surface area (Å²) in [6.07, 6.45) is 4.76. The van der Waals surface area contributed by atoms with Crippen LogP contribution in [0, 0.1) is 6.92 Å². The minimum atomic E-state index is -1.28. The predicted molar refractivity (Wildman–Crippen MR) is 96.1 cm³/mol. The third-order valence-corrected chi connectivity index (χ3v) is 12.5. The van der Waals surface area contributed by atoms with Crippen LogP contribution < -0.4 is 0 Å². The van der Waals surface area contributed by atoms with Gasteiger partial charge in [-0.2, -0.15) is 0 Å². The second kappa shape index (κ2) is 7.26. The van der Waals surface area contributed by atoms with Crippen LogP contribution in [-0.2, 0) is 0 Å². The Labute approximate surface area is 127 Å². The van der Waals surface area contributed by atoms with Crippen molar-refractivity contribution in [2.45, 2.75) is 71.1 Å². The van der Waals surface area contributed by atoms with Crippen LogP contribution in [0.25, 0.3) is 6.08 Å². The van der Waals surface area contributed by atoms with E-state index in [1.54, 1.807) is 0 Å². The van der Waals surface area contributed by atoms with E-state index >= 15 is 0 Å². The van der Waals surface area contributed by atoms with Gasteiger partial charge in [0.05, 0.1) is 8.07 Å². The predicted octanol–water partition coefficient (Wildman–Crippen LogP) is 6.69. The monoisotopic (exact) mass is 288 g/mol. The first-order valence-corrected chi connectivity index (χ1v) is 10.5. The summed E-state index contributed by atoms with van der Waals surface area (Å²) in [5.41, 5.74) is 5.17. The summed E-state index contributed by atoms with van der Waals surface area (Å²) in [4.78, 5) is 0. The largest absolute Gasteiger partial charge is 0.0866 e. The Bertz CT molecular complexity index is 402. The lowest BCUT2D eigenvalue weighted by Crippen LogP contribution is -2.43. The van der Waals surface area contributed by atoms with E-state index in [0.717, 1.165) is 16.6 Å². The number of rotatable bonds is 6. The lowest BCUT2D eigenvalue weighted by molar-refractivity contribution is 0.811. The number of hydrogen-bond donors (Lipinski definition) is 0. The van der Waals surface area contributed by atoms with Crippen molar-refractivity contribution in [2.75, 3.05) is 0 Å². The molecule has 0 heterocycles. The maximum absolute atomic E-state index is 2.44. The topological polar surface area (TPSA) is 0 Å². The Hall–Kier alpha value is -0.823. The van der Waals surface area contributed by atoms with Crippen LogP contribution in [-0.4, -0.2) is 8.07 Å². The zero-order valence-corrected chi connectivity index (χ0v) is 15.4. The summed E-state index contributed by atoms with van der Waals surface area (Å²) in [6.45, 7) is 16.8. The van der Waals surface area contributed by atoms with E-state index in [0.29, 0.717) is 0 Å². The molecule has 0 atom stereocenters. The fourth-order valence-electron chi connectivity index (χ4n) is 3.78. The van der Waals surface area contributed by atoms with Gasteiger partial charge in [-0.1, -0.05) is 100 Å². The molecule has 0 N–H and O–H groups in total. The van der Waals surface area contributed by atoms with Gasteiger partial charge in [0.2, 0.25) is 0 Å². The minimum Gasteiger partial charge on any atom is -0.0866 e. The molecule has 0 aliphatic carbocycles. The van der Waals surface area contributed by atoms with E-state index in [2.05, 4.69) is 84.9 Å². The summed E-state index contributed by atoms with van der Waals surface area (Å²) in [5, 5.41) is 0. The third-order valence-electron chi connectivity index (χ3n) is 5.08. The summed E-state index contributed by atoms with van der Waals surface area (Å²) in [7, 11) is -1.28. The molecule has 0 nitrogen and oxygen atoms in total. The van der Waals surface area contributed by atoms with Gasteiger partial charge in [0.1, 0.15) is 0 Å². The second-order valence-corrected chi connectivity index (χ2v) is 13.2. The molecule has 0 aliphatic heterocycles. The Balaban J connectivity index is 2.89. The van der Waals surface area contributed by atoms with Gasteiger partial charge >= 0.3 is 0 Å². The molecule has 1 rings (SSSR count). The Morgan fingerprint density at radius 3 is 1.70 bits per heavy atom. The molecule has 0 aromatic heterocycles. The van der Waals surface area contributed by atoms with Gasteiger partial charge in [-0.15, -0.1) is 0 Å². The smallest absolute Gasteiger partial charge is 0.0650 e. The van der Waals surface area contributed by atoms with Crippen molar-refractivity contribution in [1.82, 2.24) is 0 Å². The first-order valence-electron chi connectivity index (χ1n) is 8.04. The first-order chi connectivity index (χ1) is 9.30. The Morgan fingerprint density at radius 1 is 0.850 bits per heavy atom. The minimum absolute atomic E-state index is 0.838. The highest BCUT2D eigenvalue weighted by Crippen LogP contribution is 2.44. The average molecular weight is 289 g/mol. The summed E-state index contributed by atoms with van der Waals surface area (Å²) in [5.74, 6) is 0. The molecule has 112 valence electrons. The van der Waals surface area contributed by atoms with Crippen molar-refractivity contribution in [3.05, 3.63) is 41.5 Å². The highest BCUT2D eigenvalue weighted by molar-refractivity contribution is 6.83. The van der Waals surface area contributed by atoms with Crippen LogP contribution in [0.5, 0.6) is 0 Å². The van der Waals surface area contributed by atoms with Crippen LogP contribution in [0.4, 0.5) is 0 Å². The number of benzene rings is 1. The van der Waals surface area contributed by atoms with E-state index in [1.165, 1.54) is 17.2 Å². The average Bonchev–Trinajstić information content (AvgIpc) is 2.35. The van der Waals surface area contributed by atoms with Gasteiger partial charge < -0.3 is 0 Å². The lowest BCUT2D eigenvalue weighted by atomic mass is 10.1. The van der Waals surface area contributed by atoms with Gasteiger partial charge in [0.15, 0.2) is 0 Å². The summed E-state index contributed by atoms with van der Waals surface area (Å²) >= 11 is 0. The molecule has 0 saturated carbocycles. The molecule has 1 heteroatoms. The molecule has 0 aliphatic rings. The van der Waals surface area contributed by atoms with Crippen LogP contribution >= 0.6 is 0 Å². The molecular formula is C19H32Si. The normalized spacial score (nSPS) is 13.1. The molecule has 0 spiro atoms. The quantitative estimate of drug-likeness (QED) is 0.512. The van der Waals surface area contributed by atoms with Crippen LogP contribution in [0.2, 0.25) is 22.7 Å². The maximum atomic E-state index is 2.44. The van der Waals surface area contributed by atoms with Crippen molar-refractivity contribution in [1.29, 1.82) is 0 Å². The van der Waals surface area contributed by atoms with E-state index in [-0.39, 0.29) is 0 Å². The van der Waals surface area contributed by atoms with E-state index in [4.69, 9.17) is 0 Å². The highest BCUT2D eigenvalue weighted by Gasteiger charge is 2.41. The Morgan fingerprint density at radius 2 is 1.30 bits per heavy atom. The maximum Gasteiger partial charge on any atom is 0.0650 e. The molecule has 0 fully saturated rings. The molecule has 0 unspecified atom stereocenters. The van der Waals surface area contributed by atoms with Gasteiger partial charge in [0.25, 0.3) is 0 Å². The van der Waals surface area contributed by atoms with Crippen molar-refractivity contribution >= 4 is 14.1 Å². The number of hydrogen-bond acceptors (Lipinski definition) is 0. The zero-order chi connectivity index (χ0) is 15.3. The van der Waals surface area contributed by atoms with Crippen molar-refractivity contribution in [2.24, 2.45) is 0 Å². The first kappa shape index (κ1) is 17.2. The summed E-state index contributed by atoms with van der Waals surface area (Å²) < 4.78 is 0. The second-order valence-electron chi connectivity index (χ2n) is 7.09. The highest BCUT2D eigenvalue weighted by atomic mass is 28.3. The van der Waals surface area contributed by atoms with Gasteiger partial charge in [-0.25, -0.2) is 0 Å². The van der Waals surface area contributed by atoms with Crippen LogP contribution in [0.1, 0.15) is 52.7 Å². The van der Waals surface area contributed by atoms with Crippen LogP contribution in [0.3, 0.4) is 0 Å². The molecule has 0 radical (unpaired) electrons. The Kier molecular flexibility index (Phi) is 6.26. The van der Waals surface area contributed by atoms with E-state index in [1.807, 2.05) is 0 Å². The molecule has 0 bridgehead atoms. The molecule has 0 amide bonds. The third kappa shape index (κ3) is 3.85. The zero-order valence-electron chi connectivity index (χ0n) is 14.4. The van der Waals surface area contributed by atoms with E-state index < -0.39 is 8.07 Å². The van der Waals surface area contributed by atoms with Gasteiger partial charge in [-0.3, -0.25) is 0 Å². The molecule has 1 aromatic carbocycles. The fourth-order valence-corrected chi connectivity index (χ4v) is 9.72. The van der Waals surface area contributed by atoms with Gasteiger partial charge in [0, 0.05) is 0 Å². The lowest BCUT2D eigenvalue weighted by Gasteiger charge is -2.42. The van der Waals surface area contributed by atoms with Crippen molar-refractivity contribution in [3.8, 4) is 0 Å². The van der Waals surface area contributed by atoms with E-state index in [9.17, 15) is 0 Å². The molecule has 0 saturated heterocycles. The number of aryl methyl sites for hydroxylation is 1. The summed E-state index contributed by atoms with van der Waals surface area (Å²) in [6, 6.07) is 10.1. The van der Waals surface area contributed by atoms with Gasteiger partial charge in [-0.05, 0) is 18.5 Å². The SMILES string of the molecule is Cc1ccc(/C=C\C[Si](C(C)C)(C(C)C)C(C)C)cc1. The molecule has 1 aromatic rings. The standard InChI is InChI=1S/C19H32Si/c1-15(2)20(16(3)4,17(5)6)14-8-9-19-12-10-18(7)11-13-19/h8-13,15-17H,14H2,1-7H3/b9-8-. The molecule has 20 heavy (non-hydrogen) atoms. The number of allylic oxidation sites excluding steroid dienone is 1.